The maximum absolute atomic E-state index is 11.9. The van der Waals surface area contributed by atoms with Gasteiger partial charge in [-0.05, 0) is 51.7 Å². The molecule has 0 saturated carbocycles. The minimum absolute atomic E-state index is 0.0813. The zero-order valence-electron chi connectivity index (χ0n) is 18.7. The number of nitrogens with one attached hydrogen (secondary N) is 1. The fourth-order valence-electron chi connectivity index (χ4n) is 3.12. The molecule has 1 aliphatic rings. The van der Waals surface area contributed by atoms with Crippen molar-refractivity contribution in [2.75, 3.05) is 19.8 Å². The first-order chi connectivity index (χ1) is 15.0. The summed E-state index contributed by atoms with van der Waals surface area (Å²) in [7, 11) is -1.82. The van der Waals surface area contributed by atoms with E-state index in [4.69, 9.17) is 18.9 Å². The van der Waals surface area contributed by atoms with Crippen molar-refractivity contribution < 1.29 is 43.7 Å². The van der Waals surface area contributed by atoms with Gasteiger partial charge in [0, 0.05) is 18.5 Å². The van der Waals surface area contributed by atoms with Crippen LogP contribution in [0.2, 0.25) is 0 Å². The third-order valence-corrected chi connectivity index (χ3v) is 4.56. The van der Waals surface area contributed by atoms with Gasteiger partial charge >= 0.3 is 19.2 Å². The summed E-state index contributed by atoms with van der Waals surface area (Å²) in [6.45, 7) is 6.13. The molecule has 0 aromatic heterocycles. The molecule has 1 aliphatic heterocycles. The van der Waals surface area contributed by atoms with Gasteiger partial charge in [0.25, 0.3) is 0 Å². The second-order valence-corrected chi connectivity index (χ2v) is 8.50. The topological polar surface area (TPSA) is 144 Å². The summed E-state index contributed by atoms with van der Waals surface area (Å²) in [6, 6.07) is 3.29. The molecule has 0 radical (unpaired) electrons. The molecule has 1 fully saturated rings. The van der Waals surface area contributed by atoms with Gasteiger partial charge in [0.05, 0.1) is 6.61 Å². The van der Waals surface area contributed by atoms with Gasteiger partial charge < -0.3 is 39.4 Å². The van der Waals surface area contributed by atoms with E-state index in [1.54, 1.807) is 26.8 Å². The second kappa shape index (κ2) is 12.1. The van der Waals surface area contributed by atoms with Crippen LogP contribution in [0.15, 0.2) is 18.2 Å². The molecular formula is C21H32BNO9. The highest BCUT2D eigenvalue weighted by Crippen LogP contribution is 2.15. The van der Waals surface area contributed by atoms with Crippen LogP contribution in [0.4, 0.5) is 4.79 Å². The highest BCUT2D eigenvalue weighted by molar-refractivity contribution is 6.59. The number of carbonyl (C=O) groups is 2. The summed E-state index contributed by atoms with van der Waals surface area (Å²) in [5.74, 6) is -1.01. The molecule has 1 unspecified atom stereocenters. The molecule has 10 nitrogen and oxygen atoms in total. The first-order valence-corrected chi connectivity index (χ1v) is 10.6. The lowest BCUT2D eigenvalue weighted by atomic mass is 9.78. The molecule has 1 saturated heterocycles. The van der Waals surface area contributed by atoms with Crippen LogP contribution in [0.5, 0.6) is 5.75 Å². The summed E-state index contributed by atoms with van der Waals surface area (Å²) in [4.78, 5) is 23.5. The molecule has 1 amide bonds. The first kappa shape index (κ1) is 25.9. The van der Waals surface area contributed by atoms with Crippen molar-refractivity contribution >= 4 is 24.6 Å². The first-order valence-electron chi connectivity index (χ1n) is 10.6. The normalized spacial score (nSPS) is 17.3. The Hall–Kier alpha value is -2.34. The largest absolute Gasteiger partial charge is 0.492 e. The SMILES string of the molecule is CC(C)(C)OC(=O)N[C@@H](Cc1ccc(OCCOC2CCCCO2)c(B(O)O)c1)C(=O)O. The number of carboxylic acids is 1. The van der Waals surface area contributed by atoms with E-state index in [0.29, 0.717) is 12.2 Å². The van der Waals surface area contributed by atoms with Crippen LogP contribution < -0.4 is 15.5 Å². The Morgan fingerprint density at radius 2 is 2.00 bits per heavy atom. The third kappa shape index (κ3) is 9.03. The molecule has 2 rings (SSSR count). The zero-order chi connectivity index (χ0) is 23.7. The molecule has 2 atom stereocenters. The van der Waals surface area contributed by atoms with Gasteiger partial charge in [0.15, 0.2) is 6.29 Å². The van der Waals surface area contributed by atoms with E-state index >= 15 is 0 Å². The van der Waals surface area contributed by atoms with Crippen molar-refractivity contribution in [3.63, 3.8) is 0 Å². The van der Waals surface area contributed by atoms with Crippen LogP contribution in [0.25, 0.3) is 0 Å². The van der Waals surface area contributed by atoms with Crippen molar-refractivity contribution in [3.8, 4) is 5.75 Å². The van der Waals surface area contributed by atoms with Gasteiger partial charge in [-0.1, -0.05) is 12.1 Å². The Labute approximate surface area is 188 Å². The van der Waals surface area contributed by atoms with Gasteiger partial charge in [0.1, 0.15) is 24.0 Å². The number of amides is 1. The lowest BCUT2D eigenvalue weighted by molar-refractivity contribution is -0.165. The van der Waals surface area contributed by atoms with Gasteiger partial charge in [-0.25, -0.2) is 9.59 Å². The number of hydrogen-bond acceptors (Lipinski definition) is 8. The van der Waals surface area contributed by atoms with Crippen LogP contribution in [0.1, 0.15) is 45.6 Å². The lowest BCUT2D eigenvalue weighted by Gasteiger charge is -2.23. The number of benzene rings is 1. The molecule has 1 heterocycles. The Bertz CT molecular complexity index is 760. The molecule has 1 aromatic carbocycles. The van der Waals surface area contributed by atoms with Crippen LogP contribution in [0, 0.1) is 0 Å². The van der Waals surface area contributed by atoms with E-state index in [-0.39, 0.29) is 37.1 Å². The minimum atomic E-state index is -1.82. The number of alkyl carbamates (subject to hydrolysis) is 1. The molecule has 1 aromatic rings. The Morgan fingerprint density at radius 1 is 1.25 bits per heavy atom. The molecule has 11 heteroatoms. The lowest BCUT2D eigenvalue weighted by Crippen LogP contribution is -2.44. The predicted molar refractivity (Wildman–Crippen MR) is 116 cm³/mol. The van der Waals surface area contributed by atoms with E-state index in [1.807, 2.05) is 0 Å². The average molecular weight is 453 g/mol. The zero-order valence-corrected chi connectivity index (χ0v) is 18.7. The van der Waals surface area contributed by atoms with Crippen molar-refractivity contribution in [1.82, 2.24) is 5.32 Å². The van der Waals surface area contributed by atoms with Crippen molar-refractivity contribution in [3.05, 3.63) is 23.8 Å². The molecule has 178 valence electrons. The fraction of sp³-hybridized carbons (Fsp3) is 0.619. The number of rotatable bonds is 10. The van der Waals surface area contributed by atoms with Crippen molar-refractivity contribution in [2.24, 2.45) is 0 Å². The summed E-state index contributed by atoms with van der Waals surface area (Å²) in [5.41, 5.74) is -0.221. The number of carboxylic acid groups (broad SMARTS) is 1. The average Bonchev–Trinajstić information content (AvgIpc) is 2.70. The summed E-state index contributed by atoms with van der Waals surface area (Å²) in [6.07, 6.45) is 1.72. The maximum atomic E-state index is 11.9. The Morgan fingerprint density at radius 3 is 2.59 bits per heavy atom. The van der Waals surface area contributed by atoms with E-state index in [0.717, 1.165) is 19.3 Å². The number of ether oxygens (including phenoxy) is 4. The van der Waals surface area contributed by atoms with Crippen LogP contribution in [-0.4, -0.2) is 72.1 Å². The van der Waals surface area contributed by atoms with E-state index in [1.165, 1.54) is 12.1 Å². The monoisotopic (exact) mass is 453 g/mol. The Kier molecular flexibility index (Phi) is 9.76. The summed E-state index contributed by atoms with van der Waals surface area (Å²) < 4.78 is 21.8. The molecule has 4 N–H and O–H groups in total. The second-order valence-electron chi connectivity index (χ2n) is 8.50. The molecule has 0 bridgehead atoms. The minimum Gasteiger partial charge on any atom is -0.492 e. The van der Waals surface area contributed by atoms with Gasteiger partial charge in [-0.15, -0.1) is 0 Å². The quantitative estimate of drug-likeness (QED) is 0.299. The van der Waals surface area contributed by atoms with Crippen molar-refractivity contribution in [2.45, 2.75) is 64.4 Å². The number of hydrogen-bond donors (Lipinski definition) is 4. The smallest absolute Gasteiger partial charge is 0.492 e. The van der Waals surface area contributed by atoms with Crippen LogP contribution in [0.3, 0.4) is 0 Å². The fourth-order valence-corrected chi connectivity index (χ4v) is 3.12. The van der Waals surface area contributed by atoms with Crippen LogP contribution in [-0.2, 0) is 25.4 Å². The molecule has 0 aliphatic carbocycles. The molecule has 32 heavy (non-hydrogen) atoms. The third-order valence-electron chi connectivity index (χ3n) is 4.56. The van der Waals surface area contributed by atoms with Crippen molar-refractivity contribution in [1.29, 1.82) is 0 Å². The summed E-state index contributed by atoms with van der Waals surface area (Å²) in [5, 5.41) is 31.2. The van der Waals surface area contributed by atoms with Gasteiger partial charge in [0.2, 0.25) is 0 Å². The summed E-state index contributed by atoms with van der Waals surface area (Å²) >= 11 is 0. The van der Waals surface area contributed by atoms with Gasteiger partial charge in [-0.3, -0.25) is 0 Å². The number of aliphatic carboxylic acids is 1. The van der Waals surface area contributed by atoms with E-state index in [2.05, 4.69) is 5.32 Å². The van der Waals surface area contributed by atoms with E-state index in [9.17, 15) is 24.7 Å². The standard InChI is InChI=1S/C21H32BNO9/c1-21(2,3)32-20(26)23-16(19(24)25)13-14-7-8-17(15(12-14)22(27)28)29-10-11-31-18-6-4-5-9-30-18/h7-8,12,16,18,27-28H,4-6,9-11,13H2,1-3H3,(H,23,26)(H,24,25)/t16-,18?/m0/s1. The Balaban J connectivity index is 1.97. The molecular weight excluding hydrogens is 421 g/mol. The number of carbonyl (C=O) groups excluding carboxylic acids is 1. The predicted octanol–water partition coefficient (Wildman–Crippen LogP) is 0.809. The highest BCUT2D eigenvalue weighted by atomic mass is 16.7. The van der Waals surface area contributed by atoms with Crippen LogP contribution >= 0.6 is 0 Å². The van der Waals surface area contributed by atoms with E-state index < -0.39 is 30.8 Å². The maximum Gasteiger partial charge on any atom is 0.492 e. The highest BCUT2D eigenvalue weighted by Gasteiger charge is 2.26. The molecule has 0 spiro atoms. The van der Waals surface area contributed by atoms with Gasteiger partial charge in [-0.2, -0.15) is 0 Å².